The van der Waals surface area contributed by atoms with E-state index < -0.39 is 16.5 Å². The molecule has 0 fully saturated rings. The van der Waals surface area contributed by atoms with Gasteiger partial charge in [0.05, 0.1) is 15.7 Å². The molecule has 0 saturated carbocycles. The molecular weight excluding hydrogens is 406 g/mol. The van der Waals surface area contributed by atoms with Crippen molar-refractivity contribution in [2.75, 3.05) is 0 Å². The van der Waals surface area contributed by atoms with Crippen molar-refractivity contribution >= 4 is 29.1 Å². The van der Waals surface area contributed by atoms with E-state index in [9.17, 15) is 14.9 Å². The number of hydrogen-bond donors (Lipinski definition) is 0. The molecule has 0 N–H and O–H groups in total. The lowest BCUT2D eigenvalue weighted by Gasteiger charge is -2.29. The average Bonchev–Trinajstić information content (AvgIpc) is 2.80. The van der Waals surface area contributed by atoms with Crippen LogP contribution in [-0.4, -0.2) is 4.92 Å². The first-order valence-electron chi connectivity index (χ1n) is 9.92. The van der Waals surface area contributed by atoms with Gasteiger partial charge in [-0.05, 0) is 28.5 Å². The third kappa shape index (κ3) is 2.93. The van der Waals surface area contributed by atoms with Crippen LogP contribution >= 0.6 is 0 Å². The molecule has 4 aromatic rings. The Morgan fingerprint density at radius 1 is 1.03 bits per heavy atom. The molecule has 156 valence electrons. The summed E-state index contributed by atoms with van der Waals surface area (Å²) in [5.41, 5.74) is 1.12. The van der Waals surface area contributed by atoms with Gasteiger partial charge >= 0.3 is 5.63 Å². The summed E-state index contributed by atoms with van der Waals surface area (Å²) in [6, 6.07) is 17.8. The highest BCUT2D eigenvalue weighted by molar-refractivity contribution is 5.90. The van der Waals surface area contributed by atoms with Gasteiger partial charge in [-0.2, -0.15) is 0 Å². The minimum Gasteiger partial charge on any atom is -0.456 e. The van der Waals surface area contributed by atoms with E-state index >= 15 is 0 Å². The summed E-state index contributed by atoms with van der Waals surface area (Å²) in [5.74, 6) is 0.260. The van der Waals surface area contributed by atoms with Crippen LogP contribution < -0.4 is 21.0 Å². The summed E-state index contributed by atoms with van der Waals surface area (Å²) in [5, 5.41) is 13.8. The second-order valence-electron chi connectivity index (χ2n) is 7.46. The van der Waals surface area contributed by atoms with Gasteiger partial charge in [-0.15, -0.1) is 0 Å². The minimum atomic E-state index is -0.631. The molecule has 0 saturated heterocycles. The van der Waals surface area contributed by atoms with Gasteiger partial charge in [0.1, 0.15) is 16.9 Å². The average molecular weight is 423 g/mol. The third-order valence-corrected chi connectivity index (χ3v) is 5.64. The Bertz CT molecular complexity index is 1600. The maximum absolute atomic E-state index is 13.1. The third-order valence-electron chi connectivity index (χ3n) is 5.64. The van der Waals surface area contributed by atoms with E-state index in [1.165, 1.54) is 12.1 Å². The van der Waals surface area contributed by atoms with Gasteiger partial charge < -0.3 is 9.15 Å². The van der Waals surface area contributed by atoms with Crippen LogP contribution in [0.15, 0.2) is 82.5 Å². The van der Waals surface area contributed by atoms with Crippen molar-refractivity contribution in [3.63, 3.8) is 0 Å². The smallest absolute Gasteiger partial charge is 0.344 e. The molecule has 2 heterocycles. The molecule has 5 rings (SSSR count). The van der Waals surface area contributed by atoms with Crippen LogP contribution in [0.2, 0.25) is 0 Å². The Hall–Kier alpha value is -4.45. The zero-order chi connectivity index (χ0) is 22.4. The van der Waals surface area contributed by atoms with Crippen molar-refractivity contribution in [3.8, 4) is 11.5 Å². The van der Waals surface area contributed by atoms with E-state index in [2.05, 4.69) is 13.2 Å². The summed E-state index contributed by atoms with van der Waals surface area (Å²) in [6.07, 6.45) is 3.23. The van der Waals surface area contributed by atoms with E-state index in [-0.39, 0.29) is 16.7 Å². The lowest BCUT2D eigenvalue weighted by Crippen LogP contribution is -2.35. The molecule has 1 atom stereocenters. The summed E-state index contributed by atoms with van der Waals surface area (Å²) in [6.45, 7) is 7.56. The monoisotopic (exact) mass is 423 g/mol. The molecule has 1 aliphatic rings. The fourth-order valence-corrected chi connectivity index (χ4v) is 4.30. The van der Waals surface area contributed by atoms with E-state index in [0.717, 1.165) is 16.3 Å². The molecular formula is C26H17NO5. The Morgan fingerprint density at radius 3 is 2.62 bits per heavy atom. The first-order chi connectivity index (χ1) is 15.5. The topological polar surface area (TPSA) is 82.6 Å². The van der Waals surface area contributed by atoms with Gasteiger partial charge in [-0.25, -0.2) is 4.79 Å². The zero-order valence-corrected chi connectivity index (χ0v) is 16.9. The highest BCUT2D eigenvalue weighted by Crippen LogP contribution is 2.47. The molecule has 0 spiro atoms. The summed E-state index contributed by atoms with van der Waals surface area (Å²) >= 11 is 0. The van der Waals surface area contributed by atoms with Crippen molar-refractivity contribution < 1.29 is 14.1 Å². The number of hydrogen-bond acceptors (Lipinski definition) is 5. The van der Waals surface area contributed by atoms with Crippen LogP contribution in [0, 0.1) is 10.1 Å². The Kier molecular flexibility index (Phi) is 4.48. The maximum atomic E-state index is 13.1. The first-order valence-corrected chi connectivity index (χ1v) is 9.92. The van der Waals surface area contributed by atoms with E-state index in [1.54, 1.807) is 24.3 Å². The number of benzene rings is 3. The highest BCUT2D eigenvalue weighted by Gasteiger charge is 2.35. The second kappa shape index (κ2) is 7.35. The molecule has 3 aromatic carbocycles. The highest BCUT2D eigenvalue weighted by atomic mass is 16.6. The Labute approximate surface area is 182 Å². The number of allylic oxidation sites excluding steroid dienone is 1. The van der Waals surface area contributed by atoms with Crippen LogP contribution in [0.3, 0.4) is 0 Å². The second-order valence-corrected chi connectivity index (χ2v) is 7.46. The fourth-order valence-electron chi connectivity index (χ4n) is 4.30. The van der Waals surface area contributed by atoms with Crippen molar-refractivity contribution in [2.45, 2.75) is 5.92 Å². The number of fused-ring (bicyclic) bond motifs is 4. The molecule has 1 aromatic heterocycles. The van der Waals surface area contributed by atoms with Gasteiger partial charge in [-0.1, -0.05) is 61.7 Å². The van der Waals surface area contributed by atoms with Gasteiger partial charge in [-0.3, -0.25) is 10.1 Å². The van der Waals surface area contributed by atoms with Crippen molar-refractivity contribution in [1.82, 2.24) is 0 Å². The SMILES string of the molecule is C=C/C=c1/c2c(c(=O)oc1=C)C(c1cccc([N+](=O)[O-])c1)c1c(ccc3ccccc13)O2. The normalized spacial score (nSPS) is 15.0. The number of rotatable bonds is 3. The standard InChI is InChI=1S/C26H17NO5/c1-3-7-19-15(2)31-26(28)24-22(17-9-6-10-18(14-17)27(29)30)23-20-11-5-4-8-16(20)12-13-21(23)32-25(19)24/h3-14,22H,1-2H2/b19-7+. The molecule has 0 bridgehead atoms. The van der Waals surface area contributed by atoms with Gasteiger partial charge in [0, 0.05) is 23.6 Å². The molecule has 1 aliphatic heterocycles. The summed E-state index contributed by atoms with van der Waals surface area (Å²) in [7, 11) is 0. The van der Waals surface area contributed by atoms with Gasteiger partial charge in [0.15, 0.2) is 0 Å². The van der Waals surface area contributed by atoms with Crippen LogP contribution in [0.4, 0.5) is 5.69 Å². The number of nitro benzene ring substituents is 1. The van der Waals surface area contributed by atoms with Crippen LogP contribution in [0.1, 0.15) is 22.6 Å². The lowest BCUT2D eigenvalue weighted by molar-refractivity contribution is -0.384. The quantitative estimate of drug-likeness (QED) is 0.318. The van der Waals surface area contributed by atoms with Gasteiger partial charge in [0.2, 0.25) is 0 Å². The lowest BCUT2D eigenvalue weighted by atomic mass is 9.80. The van der Waals surface area contributed by atoms with Crippen LogP contribution in [0.25, 0.3) is 23.4 Å². The molecule has 6 heteroatoms. The van der Waals surface area contributed by atoms with Crippen molar-refractivity contribution in [3.05, 3.63) is 121 Å². The predicted octanol–water partition coefficient (Wildman–Crippen LogP) is 4.36. The minimum absolute atomic E-state index is 0.0617. The van der Waals surface area contributed by atoms with Crippen LogP contribution in [0.5, 0.6) is 11.5 Å². The molecule has 0 radical (unpaired) electrons. The van der Waals surface area contributed by atoms with Gasteiger partial charge in [0.25, 0.3) is 5.69 Å². The van der Waals surface area contributed by atoms with Crippen molar-refractivity contribution in [1.29, 1.82) is 0 Å². The van der Waals surface area contributed by atoms with E-state index in [1.807, 2.05) is 36.4 Å². The molecule has 0 aliphatic carbocycles. The predicted molar refractivity (Wildman–Crippen MR) is 122 cm³/mol. The molecule has 1 unspecified atom stereocenters. The summed E-state index contributed by atoms with van der Waals surface area (Å²) < 4.78 is 11.7. The number of nitro groups is 1. The van der Waals surface area contributed by atoms with Crippen LogP contribution in [-0.2, 0) is 0 Å². The zero-order valence-electron chi connectivity index (χ0n) is 16.9. The molecule has 6 nitrogen and oxygen atoms in total. The van der Waals surface area contributed by atoms with E-state index in [4.69, 9.17) is 9.15 Å². The Balaban J connectivity index is 1.95. The number of non-ortho nitro benzene ring substituents is 1. The first kappa shape index (κ1) is 19.5. The summed E-state index contributed by atoms with van der Waals surface area (Å²) in [4.78, 5) is 24.1. The largest absolute Gasteiger partial charge is 0.456 e. The number of nitrogens with zero attached hydrogens (tertiary/aromatic N) is 1. The maximum Gasteiger partial charge on any atom is 0.344 e. The Morgan fingerprint density at radius 2 is 1.84 bits per heavy atom. The molecule has 32 heavy (non-hydrogen) atoms. The number of ether oxygens (including phenoxy) is 1. The van der Waals surface area contributed by atoms with Crippen molar-refractivity contribution in [2.24, 2.45) is 0 Å². The van der Waals surface area contributed by atoms with E-state index in [0.29, 0.717) is 22.3 Å². The molecule has 0 amide bonds. The fraction of sp³-hybridized carbons (Fsp3) is 0.0385.